The highest BCUT2D eigenvalue weighted by atomic mass is 19.1. The number of benzene rings is 2. The van der Waals surface area contributed by atoms with Gasteiger partial charge in [-0.3, -0.25) is 4.79 Å². The van der Waals surface area contributed by atoms with E-state index in [1.807, 2.05) is 59.4 Å². The van der Waals surface area contributed by atoms with Gasteiger partial charge in [-0.05, 0) is 49.4 Å². The fraction of sp³-hybridized carbons (Fsp3) is 0.0476. The van der Waals surface area contributed by atoms with Crippen LogP contribution in [0.15, 0.2) is 79.1 Å². The highest BCUT2D eigenvalue weighted by molar-refractivity contribution is 6.07. The lowest BCUT2D eigenvalue weighted by molar-refractivity contribution is 0.102. The van der Waals surface area contributed by atoms with Crippen molar-refractivity contribution < 1.29 is 9.18 Å². The van der Waals surface area contributed by atoms with Crippen LogP contribution < -0.4 is 5.32 Å². The summed E-state index contributed by atoms with van der Waals surface area (Å²) in [5.74, 6) is -0.128. The molecule has 2 aromatic carbocycles. The van der Waals surface area contributed by atoms with Gasteiger partial charge in [-0.1, -0.05) is 24.3 Å². The van der Waals surface area contributed by atoms with E-state index in [-0.39, 0.29) is 5.91 Å². The first-order chi connectivity index (χ1) is 13.1. The second kappa shape index (κ2) is 6.92. The van der Waals surface area contributed by atoms with Gasteiger partial charge in [0.1, 0.15) is 11.4 Å². The molecule has 2 heterocycles. The van der Waals surface area contributed by atoms with E-state index in [4.69, 9.17) is 0 Å². The van der Waals surface area contributed by atoms with E-state index in [2.05, 4.69) is 10.4 Å². The first-order valence-electron chi connectivity index (χ1n) is 8.49. The van der Waals surface area contributed by atoms with Crippen molar-refractivity contribution in [2.24, 2.45) is 0 Å². The summed E-state index contributed by atoms with van der Waals surface area (Å²) in [6, 6.07) is 19.2. The molecule has 0 spiro atoms. The van der Waals surface area contributed by atoms with Gasteiger partial charge in [-0.25, -0.2) is 9.07 Å². The molecule has 5 nitrogen and oxygen atoms in total. The number of hydrogen-bond acceptors (Lipinski definition) is 2. The van der Waals surface area contributed by atoms with Crippen molar-refractivity contribution >= 4 is 11.6 Å². The van der Waals surface area contributed by atoms with Crippen LogP contribution in [-0.2, 0) is 0 Å². The minimum absolute atomic E-state index is 0.344. The number of anilines is 1. The fourth-order valence-corrected chi connectivity index (χ4v) is 3.00. The number of nitrogens with zero attached hydrogens (tertiary/aromatic N) is 3. The first-order valence-corrected chi connectivity index (χ1v) is 8.49. The number of nitrogens with one attached hydrogen (secondary N) is 1. The zero-order chi connectivity index (χ0) is 18.8. The van der Waals surface area contributed by atoms with Crippen molar-refractivity contribution in [3.8, 4) is 11.5 Å². The van der Waals surface area contributed by atoms with Crippen LogP contribution in [-0.4, -0.2) is 20.3 Å². The van der Waals surface area contributed by atoms with E-state index < -0.39 is 5.82 Å². The van der Waals surface area contributed by atoms with Gasteiger partial charge < -0.3 is 9.88 Å². The predicted molar refractivity (Wildman–Crippen MR) is 102 cm³/mol. The topological polar surface area (TPSA) is 51.9 Å². The number of carbonyl (C=O) groups is 1. The Morgan fingerprint density at radius 1 is 1.00 bits per heavy atom. The second-order valence-electron chi connectivity index (χ2n) is 6.09. The third-order valence-electron chi connectivity index (χ3n) is 4.20. The Kier molecular flexibility index (Phi) is 4.30. The van der Waals surface area contributed by atoms with Crippen molar-refractivity contribution in [1.82, 2.24) is 14.3 Å². The van der Waals surface area contributed by atoms with Crippen LogP contribution >= 0.6 is 0 Å². The van der Waals surface area contributed by atoms with Crippen LogP contribution in [0.25, 0.3) is 11.5 Å². The largest absolute Gasteiger partial charge is 0.322 e. The van der Waals surface area contributed by atoms with Gasteiger partial charge in [-0.2, -0.15) is 5.10 Å². The highest BCUT2D eigenvalue weighted by Gasteiger charge is 2.23. The highest BCUT2D eigenvalue weighted by Crippen LogP contribution is 2.24. The minimum Gasteiger partial charge on any atom is -0.322 e. The van der Waals surface area contributed by atoms with Gasteiger partial charge in [0.05, 0.1) is 11.4 Å². The zero-order valence-corrected chi connectivity index (χ0v) is 14.6. The number of aryl methyl sites for hydroxylation is 1. The molecule has 0 saturated heterocycles. The van der Waals surface area contributed by atoms with E-state index >= 15 is 0 Å². The molecule has 27 heavy (non-hydrogen) atoms. The molecule has 0 aliphatic heterocycles. The summed E-state index contributed by atoms with van der Waals surface area (Å²) in [5, 5.41) is 7.34. The molecule has 0 bridgehead atoms. The Morgan fingerprint density at radius 3 is 2.44 bits per heavy atom. The maximum absolute atomic E-state index is 13.5. The average molecular weight is 360 g/mol. The lowest BCUT2D eigenvalue weighted by atomic mass is 10.2. The maximum atomic E-state index is 13.5. The molecule has 0 radical (unpaired) electrons. The summed E-state index contributed by atoms with van der Waals surface area (Å²) >= 11 is 0. The zero-order valence-electron chi connectivity index (χ0n) is 14.6. The summed E-state index contributed by atoms with van der Waals surface area (Å²) < 4.78 is 17.0. The second-order valence-corrected chi connectivity index (χ2v) is 6.09. The summed E-state index contributed by atoms with van der Waals surface area (Å²) in [7, 11) is 0. The molecule has 1 amide bonds. The number of halogens is 1. The van der Waals surface area contributed by atoms with Gasteiger partial charge in [0.25, 0.3) is 5.91 Å². The van der Waals surface area contributed by atoms with Crippen LogP contribution in [0.1, 0.15) is 16.1 Å². The number of para-hydroxylation sites is 1. The first kappa shape index (κ1) is 16.8. The third-order valence-corrected chi connectivity index (χ3v) is 4.20. The van der Waals surface area contributed by atoms with Gasteiger partial charge >= 0.3 is 0 Å². The average Bonchev–Trinajstić information content (AvgIpc) is 3.30. The molecule has 134 valence electrons. The van der Waals surface area contributed by atoms with E-state index in [9.17, 15) is 9.18 Å². The lowest BCUT2D eigenvalue weighted by Gasteiger charge is -2.11. The molecule has 0 saturated carbocycles. The molecule has 1 N–H and O–H groups in total. The van der Waals surface area contributed by atoms with E-state index in [1.165, 1.54) is 12.1 Å². The SMILES string of the molecule is Cc1nn(-c2ccccc2)c(-n2cccc2)c1C(=O)Nc1cccc(F)c1. The summed E-state index contributed by atoms with van der Waals surface area (Å²) in [6.45, 7) is 1.78. The molecule has 0 aliphatic rings. The standard InChI is InChI=1S/C21H17FN4O/c1-15-19(20(27)23-17-9-7-8-16(22)14-17)21(25-12-5-6-13-25)26(24-15)18-10-3-2-4-11-18/h2-14H,1H3,(H,23,27). The molecule has 0 fully saturated rings. The Labute approximate surface area is 155 Å². The van der Waals surface area contributed by atoms with E-state index in [1.54, 1.807) is 23.7 Å². The predicted octanol–water partition coefficient (Wildman–Crippen LogP) is 4.36. The summed E-state index contributed by atoms with van der Waals surface area (Å²) in [6.07, 6.45) is 3.71. The normalized spacial score (nSPS) is 10.7. The van der Waals surface area contributed by atoms with Crippen LogP contribution in [0.3, 0.4) is 0 Å². The molecule has 0 unspecified atom stereocenters. The number of aromatic nitrogens is 3. The van der Waals surface area contributed by atoms with Gasteiger partial charge in [0.15, 0.2) is 5.82 Å². The van der Waals surface area contributed by atoms with Crippen molar-refractivity contribution in [2.45, 2.75) is 6.92 Å². The molecular weight excluding hydrogens is 343 g/mol. The minimum atomic E-state index is -0.407. The number of hydrogen-bond donors (Lipinski definition) is 1. The van der Waals surface area contributed by atoms with Crippen molar-refractivity contribution in [3.05, 3.63) is 96.2 Å². The van der Waals surface area contributed by atoms with Crippen LogP contribution in [0.5, 0.6) is 0 Å². The Morgan fingerprint density at radius 2 is 1.74 bits per heavy atom. The summed E-state index contributed by atoms with van der Waals surface area (Å²) in [5.41, 5.74) is 2.25. The van der Waals surface area contributed by atoms with Crippen molar-refractivity contribution in [1.29, 1.82) is 0 Å². The lowest BCUT2D eigenvalue weighted by Crippen LogP contribution is -2.16. The molecule has 4 rings (SSSR count). The van der Waals surface area contributed by atoms with Crippen molar-refractivity contribution in [3.63, 3.8) is 0 Å². The van der Waals surface area contributed by atoms with Gasteiger partial charge in [-0.15, -0.1) is 0 Å². The smallest absolute Gasteiger partial charge is 0.261 e. The number of amides is 1. The monoisotopic (exact) mass is 360 g/mol. The quantitative estimate of drug-likeness (QED) is 0.588. The Bertz CT molecular complexity index is 1080. The van der Waals surface area contributed by atoms with Crippen LogP contribution in [0.2, 0.25) is 0 Å². The molecule has 0 atom stereocenters. The van der Waals surface area contributed by atoms with E-state index in [0.29, 0.717) is 22.8 Å². The number of rotatable bonds is 4. The maximum Gasteiger partial charge on any atom is 0.261 e. The molecule has 0 aliphatic carbocycles. The summed E-state index contributed by atoms with van der Waals surface area (Å²) in [4.78, 5) is 13.0. The molecule has 4 aromatic rings. The van der Waals surface area contributed by atoms with Crippen LogP contribution in [0, 0.1) is 12.7 Å². The van der Waals surface area contributed by atoms with Gasteiger partial charge in [0, 0.05) is 18.1 Å². The van der Waals surface area contributed by atoms with E-state index in [0.717, 1.165) is 5.69 Å². The molecular formula is C21H17FN4O. The third kappa shape index (κ3) is 3.25. The Balaban J connectivity index is 1.83. The van der Waals surface area contributed by atoms with Crippen molar-refractivity contribution in [2.75, 3.05) is 5.32 Å². The number of carbonyl (C=O) groups excluding carboxylic acids is 1. The van der Waals surface area contributed by atoms with Gasteiger partial charge in [0.2, 0.25) is 0 Å². The fourth-order valence-electron chi connectivity index (χ4n) is 3.00. The molecule has 2 aromatic heterocycles. The van der Waals surface area contributed by atoms with Crippen LogP contribution in [0.4, 0.5) is 10.1 Å². The Hall–Kier alpha value is -3.67. The molecule has 6 heteroatoms.